The van der Waals surface area contributed by atoms with E-state index in [4.69, 9.17) is 0 Å². The molecular formula is C14H16. The third kappa shape index (κ3) is 1.22. The Labute approximate surface area is 85.6 Å². The van der Waals surface area contributed by atoms with Gasteiger partial charge in [-0.25, -0.2) is 0 Å². The van der Waals surface area contributed by atoms with E-state index in [1.807, 2.05) is 0 Å². The number of fused-ring (bicyclic) bond motifs is 1. The van der Waals surface area contributed by atoms with Crippen LogP contribution in [0.1, 0.15) is 22.3 Å². The van der Waals surface area contributed by atoms with Crippen molar-refractivity contribution in [3.8, 4) is 0 Å². The Morgan fingerprint density at radius 1 is 0.500 bits per heavy atom. The molecule has 72 valence electrons. The van der Waals surface area contributed by atoms with Gasteiger partial charge in [0.25, 0.3) is 0 Å². The molecule has 0 bridgehead atoms. The molecule has 0 aliphatic heterocycles. The highest BCUT2D eigenvalue weighted by Crippen LogP contribution is 2.27. The molecule has 2 aromatic carbocycles. The van der Waals surface area contributed by atoms with E-state index in [1.54, 1.807) is 0 Å². The molecule has 0 radical (unpaired) electrons. The Morgan fingerprint density at radius 3 is 0.929 bits per heavy atom. The largest absolute Gasteiger partial charge is 0.0584 e. The second-order valence-electron chi connectivity index (χ2n) is 4.15. The van der Waals surface area contributed by atoms with Crippen LogP contribution in [0.25, 0.3) is 10.8 Å². The predicted octanol–water partition coefficient (Wildman–Crippen LogP) is 4.07. The lowest BCUT2D eigenvalue weighted by Crippen LogP contribution is -1.89. The van der Waals surface area contributed by atoms with Crippen LogP contribution in [0.3, 0.4) is 0 Å². The van der Waals surface area contributed by atoms with E-state index in [1.165, 1.54) is 33.0 Å². The fraction of sp³-hybridized carbons (Fsp3) is 0.286. The number of hydrogen-bond acceptors (Lipinski definition) is 0. The first-order valence-corrected chi connectivity index (χ1v) is 5.07. The Kier molecular flexibility index (Phi) is 2.07. The van der Waals surface area contributed by atoms with Crippen molar-refractivity contribution in [2.24, 2.45) is 0 Å². The van der Waals surface area contributed by atoms with Gasteiger partial charge in [-0.15, -0.1) is 0 Å². The van der Waals surface area contributed by atoms with Gasteiger partial charge in [-0.05, 0) is 60.7 Å². The van der Waals surface area contributed by atoms with Gasteiger partial charge >= 0.3 is 0 Å². The minimum Gasteiger partial charge on any atom is -0.0584 e. The van der Waals surface area contributed by atoms with Gasteiger partial charge in [-0.3, -0.25) is 0 Å². The molecule has 0 amide bonds. The number of benzene rings is 2. The van der Waals surface area contributed by atoms with Crippen molar-refractivity contribution in [2.45, 2.75) is 27.7 Å². The molecule has 14 heavy (non-hydrogen) atoms. The number of aryl methyl sites for hydroxylation is 4. The van der Waals surface area contributed by atoms with Crippen LogP contribution in [-0.2, 0) is 0 Å². The highest BCUT2D eigenvalue weighted by atomic mass is 14.1. The van der Waals surface area contributed by atoms with E-state index in [0.717, 1.165) is 0 Å². The van der Waals surface area contributed by atoms with E-state index >= 15 is 0 Å². The van der Waals surface area contributed by atoms with Gasteiger partial charge in [0.2, 0.25) is 0 Å². The summed E-state index contributed by atoms with van der Waals surface area (Å²) in [6.45, 7) is 8.75. The van der Waals surface area contributed by atoms with Crippen LogP contribution < -0.4 is 0 Å². The zero-order chi connectivity index (χ0) is 10.3. The summed E-state index contributed by atoms with van der Waals surface area (Å²) in [5.41, 5.74) is 5.53. The minimum absolute atomic E-state index is 1.38. The summed E-state index contributed by atoms with van der Waals surface area (Å²) in [5.74, 6) is 0. The number of hydrogen-bond donors (Lipinski definition) is 0. The van der Waals surface area contributed by atoms with Crippen LogP contribution in [-0.4, -0.2) is 0 Å². The lowest BCUT2D eigenvalue weighted by atomic mass is 9.94. The van der Waals surface area contributed by atoms with E-state index < -0.39 is 0 Å². The maximum Gasteiger partial charge on any atom is -0.0120 e. The second-order valence-corrected chi connectivity index (χ2v) is 4.15. The quantitative estimate of drug-likeness (QED) is 0.579. The summed E-state index contributed by atoms with van der Waals surface area (Å²) in [6.07, 6.45) is 0. The number of rotatable bonds is 0. The Bertz CT molecular complexity index is 404. The lowest BCUT2D eigenvalue weighted by molar-refractivity contribution is 1.38. The first kappa shape index (κ1) is 9.26. The summed E-state index contributed by atoms with van der Waals surface area (Å²) in [7, 11) is 0. The van der Waals surface area contributed by atoms with Gasteiger partial charge in [0.05, 0.1) is 0 Å². The molecule has 0 spiro atoms. The molecule has 0 aromatic heterocycles. The van der Waals surface area contributed by atoms with Crippen molar-refractivity contribution in [1.82, 2.24) is 0 Å². The molecule has 0 saturated heterocycles. The van der Waals surface area contributed by atoms with Crippen molar-refractivity contribution in [3.63, 3.8) is 0 Å². The van der Waals surface area contributed by atoms with Gasteiger partial charge < -0.3 is 0 Å². The Balaban J connectivity index is 3.05. The Morgan fingerprint density at radius 2 is 0.714 bits per heavy atom. The van der Waals surface area contributed by atoms with Gasteiger partial charge in [0.1, 0.15) is 0 Å². The standard InChI is InChI=1S/C14H16/c1-9-5-6-11(3)14-12(4)8-7-10(2)13(9)14/h5-8H,1-4H3. The van der Waals surface area contributed by atoms with Crippen LogP contribution in [0.15, 0.2) is 24.3 Å². The maximum atomic E-state index is 2.21. The molecule has 2 aromatic rings. The van der Waals surface area contributed by atoms with Gasteiger partial charge in [-0.2, -0.15) is 0 Å². The van der Waals surface area contributed by atoms with Crippen molar-refractivity contribution >= 4 is 10.8 Å². The molecule has 0 atom stereocenters. The van der Waals surface area contributed by atoms with Gasteiger partial charge in [0, 0.05) is 0 Å². The summed E-state index contributed by atoms with van der Waals surface area (Å²) in [6, 6.07) is 8.85. The van der Waals surface area contributed by atoms with Crippen LogP contribution in [0.5, 0.6) is 0 Å². The molecule has 0 N–H and O–H groups in total. The highest BCUT2D eigenvalue weighted by molar-refractivity contribution is 5.93. The molecule has 0 heterocycles. The lowest BCUT2D eigenvalue weighted by Gasteiger charge is -2.11. The second kappa shape index (κ2) is 3.13. The third-order valence-corrected chi connectivity index (χ3v) is 2.99. The van der Waals surface area contributed by atoms with E-state index in [-0.39, 0.29) is 0 Å². The molecule has 0 fully saturated rings. The monoisotopic (exact) mass is 184 g/mol. The zero-order valence-corrected chi connectivity index (χ0v) is 9.31. The average molecular weight is 184 g/mol. The molecule has 0 unspecified atom stereocenters. The SMILES string of the molecule is Cc1ccc(C)c2c(C)ccc(C)c12. The van der Waals surface area contributed by atoms with Crippen molar-refractivity contribution in [2.75, 3.05) is 0 Å². The first-order valence-electron chi connectivity index (χ1n) is 5.07. The molecule has 0 saturated carbocycles. The minimum atomic E-state index is 1.38. The maximum absolute atomic E-state index is 2.21. The topological polar surface area (TPSA) is 0 Å². The zero-order valence-electron chi connectivity index (χ0n) is 9.31. The van der Waals surface area contributed by atoms with Gasteiger partial charge in [0.15, 0.2) is 0 Å². The Hall–Kier alpha value is -1.30. The normalized spacial score (nSPS) is 10.9. The van der Waals surface area contributed by atoms with Crippen LogP contribution in [0.4, 0.5) is 0 Å². The highest BCUT2D eigenvalue weighted by Gasteiger charge is 2.05. The fourth-order valence-electron chi connectivity index (χ4n) is 2.24. The van der Waals surface area contributed by atoms with Crippen molar-refractivity contribution in [3.05, 3.63) is 46.5 Å². The van der Waals surface area contributed by atoms with Crippen LogP contribution in [0, 0.1) is 27.7 Å². The molecule has 0 aliphatic carbocycles. The predicted molar refractivity (Wildman–Crippen MR) is 62.9 cm³/mol. The van der Waals surface area contributed by atoms with Crippen LogP contribution >= 0.6 is 0 Å². The third-order valence-electron chi connectivity index (χ3n) is 2.99. The summed E-state index contributed by atoms with van der Waals surface area (Å²) in [4.78, 5) is 0. The van der Waals surface area contributed by atoms with E-state index in [2.05, 4.69) is 52.0 Å². The molecule has 0 aliphatic rings. The molecule has 0 heteroatoms. The smallest absolute Gasteiger partial charge is 0.0120 e. The fourth-order valence-corrected chi connectivity index (χ4v) is 2.24. The van der Waals surface area contributed by atoms with Gasteiger partial charge in [-0.1, -0.05) is 24.3 Å². The van der Waals surface area contributed by atoms with Crippen molar-refractivity contribution < 1.29 is 0 Å². The molecule has 2 rings (SSSR count). The van der Waals surface area contributed by atoms with E-state index in [9.17, 15) is 0 Å². The summed E-state index contributed by atoms with van der Waals surface area (Å²) < 4.78 is 0. The first-order chi connectivity index (χ1) is 6.61. The summed E-state index contributed by atoms with van der Waals surface area (Å²) in [5, 5.41) is 2.87. The average Bonchev–Trinajstić information content (AvgIpc) is 2.16. The van der Waals surface area contributed by atoms with Crippen LogP contribution in [0.2, 0.25) is 0 Å². The summed E-state index contributed by atoms with van der Waals surface area (Å²) >= 11 is 0. The van der Waals surface area contributed by atoms with E-state index in [0.29, 0.717) is 0 Å². The molecular weight excluding hydrogens is 168 g/mol. The molecule has 0 nitrogen and oxygen atoms in total. The van der Waals surface area contributed by atoms with Crippen molar-refractivity contribution in [1.29, 1.82) is 0 Å².